The molecule has 1 fully saturated rings. The Hall–Kier alpha value is -2.23. The van der Waals surface area contributed by atoms with Crippen molar-refractivity contribution in [3.63, 3.8) is 0 Å². The fourth-order valence-corrected chi connectivity index (χ4v) is 4.68. The molecule has 0 radical (unpaired) electrons. The van der Waals surface area contributed by atoms with Gasteiger partial charge in [-0.15, -0.1) is 0 Å². The van der Waals surface area contributed by atoms with Crippen molar-refractivity contribution in [3.05, 3.63) is 35.9 Å². The number of esters is 1. The summed E-state index contributed by atoms with van der Waals surface area (Å²) in [4.78, 5) is 40.7. The largest absolute Gasteiger partial charge is 0.466 e. The van der Waals surface area contributed by atoms with E-state index in [1.165, 1.54) is 6.42 Å². The highest BCUT2D eigenvalue weighted by molar-refractivity contribution is 6.08. The van der Waals surface area contributed by atoms with Gasteiger partial charge < -0.3 is 19.9 Å². The van der Waals surface area contributed by atoms with E-state index in [-0.39, 0.29) is 37.4 Å². The van der Waals surface area contributed by atoms with E-state index in [2.05, 4.69) is 0 Å². The number of ether oxygens (including phenoxy) is 3. The maximum absolute atomic E-state index is 13.7. The van der Waals surface area contributed by atoms with E-state index in [0.29, 0.717) is 6.61 Å². The first-order valence-corrected chi connectivity index (χ1v) is 15.1. The van der Waals surface area contributed by atoms with E-state index in [1.54, 1.807) is 27.7 Å². The van der Waals surface area contributed by atoms with Gasteiger partial charge in [-0.1, -0.05) is 56.5 Å². The van der Waals surface area contributed by atoms with Gasteiger partial charge in [-0.2, -0.15) is 0 Å². The summed E-state index contributed by atoms with van der Waals surface area (Å²) in [5, 5.41) is 0. The maximum atomic E-state index is 13.7. The van der Waals surface area contributed by atoms with Crippen molar-refractivity contribution in [1.82, 2.24) is 4.90 Å². The van der Waals surface area contributed by atoms with E-state index >= 15 is 0 Å². The third-order valence-electron chi connectivity index (χ3n) is 6.50. The SMILES string of the molecule is C[C@H](C[C@H](OCc1ccccc1)N(C(=O)C[C@H](N)C1CCCCC1)C(=O)OC(C)(C)C)C(=O)OCC[SiH3]. The Kier molecular flexibility index (Phi) is 12.8. The van der Waals surface area contributed by atoms with Gasteiger partial charge in [-0.05, 0) is 51.1 Å². The monoisotopic (exact) mass is 534 g/mol. The van der Waals surface area contributed by atoms with Gasteiger partial charge in [0.25, 0.3) is 0 Å². The zero-order valence-electron chi connectivity index (χ0n) is 23.2. The maximum Gasteiger partial charge on any atom is 0.419 e. The summed E-state index contributed by atoms with van der Waals surface area (Å²) in [5.74, 6) is -1.17. The lowest BCUT2D eigenvalue weighted by molar-refractivity contribution is -0.157. The molecular weight excluding hydrogens is 488 g/mol. The molecule has 0 aliphatic heterocycles. The molecule has 2 N–H and O–H groups in total. The third-order valence-corrected chi connectivity index (χ3v) is 6.91. The molecule has 9 heteroatoms. The van der Waals surface area contributed by atoms with E-state index in [4.69, 9.17) is 19.9 Å². The number of carbonyl (C=O) groups is 3. The van der Waals surface area contributed by atoms with Crippen LogP contribution >= 0.6 is 0 Å². The molecule has 37 heavy (non-hydrogen) atoms. The second-order valence-corrected chi connectivity index (χ2v) is 12.1. The second-order valence-electron chi connectivity index (χ2n) is 11.1. The van der Waals surface area contributed by atoms with Crippen molar-refractivity contribution in [2.45, 2.75) is 103 Å². The molecule has 3 atom stereocenters. The minimum Gasteiger partial charge on any atom is -0.466 e. The van der Waals surface area contributed by atoms with Crippen LogP contribution in [0, 0.1) is 11.8 Å². The fourth-order valence-electron chi connectivity index (χ4n) is 4.48. The average Bonchev–Trinajstić information content (AvgIpc) is 2.85. The fraction of sp³-hybridized carbons (Fsp3) is 0.679. The molecular formula is C28H46N2O6Si. The van der Waals surface area contributed by atoms with Crippen LogP contribution in [0.15, 0.2) is 30.3 Å². The van der Waals surface area contributed by atoms with Crippen molar-refractivity contribution in [1.29, 1.82) is 0 Å². The van der Waals surface area contributed by atoms with Crippen LogP contribution in [-0.2, 0) is 30.4 Å². The Bertz CT molecular complexity index is 854. The first-order chi connectivity index (χ1) is 17.5. The van der Waals surface area contributed by atoms with Crippen LogP contribution in [0.25, 0.3) is 0 Å². The van der Waals surface area contributed by atoms with Crippen LogP contribution < -0.4 is 5.73 Å². The molecule has 1 aliphatic rings. The number of benzene rings is 1. The number of hydrogen-bond acceptors (Lipinski definition) is 7. The zero-order valence-corrected chi connectivity index (χ0v) is 25.2. The van der Waals surface area contributed by atoms with Crippen molar-refractivity contribution < 1.29 is 28.6 Å². The van der Waals surface area contributed by atoms with E-state index in [0.717, 1.165) is 52.4 Å². The van der Waals surface area contributed by atoms with Gasteiger partial charge in [0, 0.05) is 29.1 Å². The number of rotatable bonds is 12. The lowest BCUT2D eigenvalue weighted by Gasteiger charge is -2.34. The van der Waals surface area contributed by atoms with Gasteiger partial charge in [-0.3, -0.25) is 9.59 Å². The number of hydrogen-bond donors (Lipinski definition) is 1. The van der Waals surface area contributed by atoms with E-state index in [9.17, 15) is 14.4 Å². The Morgan fingerprint density at radius 1 is 1.11 bits per heavy atom. The predicted octanol–water partition coefficient (Wildman–Crippen LogP) is 3.94. The van der Waals surface area contributed by atoms with Crippen LogP contribution in [0.1, 0.15) is 78.2 Å². The quantitative estimate of drug-likeness (QED) is 0.246. The van der Waals surface area contributed by atoms with Gasteiger partial charge in [0.15, 0.2) is 0 Å². The summed E-state index contributed by atoms with van der Waals surface area (Å²) >= 11 is 0. The van der Waals surface area contributed by atoms with E-state index < -0.39 is 29.7 Å². The predicted molar refractivity (Wildman–Crippen MR) is 147 cm³/mol. The molecule has 0 heterocycles. The molecule has 0 aromatic heterocycles. The number of amides is 2. The molecule has 0 unspecified atom stereocenters. The standard InChI is InChI=1S/C28H46N2O6Si/c1-20(26(32)34-15-16-37)17-25(35-19-21-11-7-5-8-12-21)30(27(33)36-28(2,3)4)24(31)18-23(29)22-13-9-6-10-14-22/h5,7-8,11-12,20,22-23,25H,6,9-10,13-19,29H2,1-4,37H3/t20-,23+,25+/m1/s1. The summed E-state index contributed by atoms with van der Waals surface area (Å²) in [6, 6.07) is 9.97. The minimum atomic E-state index is -1.01. The number of nitrogens with zero attached hydrogens (tertiary/aromatic N) is 1. The molecule has 0 saturated heterocycles. The Morgan fingerprint density at radius 3 is 2.35 bits per heavy atom. The van der Waals surface area contributed by atoms with Crippen LogP contribution in [0.5, 0.6) is 0 Å². The summed E-state index contributed by atoms with van der Waals surface area (Å²) in [6.45, 7) is 7.49. The normalized spacial score (nSPS) is 17.0. The van der Waals surface area contributed by atoms with Crippen LogP contribution in [0.4, 0.5) is 4.79 Å². The molecule has 1 saturated carbocycles. The highest BCUT2D eigenvalue weighted by Gasteiger charge is 2.37. The van der Waals surface area contributed by atoms with E-state index in [1.807, 2.05) is 30.3 Å². The second kappa shape index (κ2) is 15.2. The molecule has 2 rings (SSSR count). The van der Waals surface area contributed by atoms with Gasteiger partial charge in [0.1, 0.15) is 11.8 Å². The summed E-state index contributed by atoms with van der Waals surface area (Å²) in [7, 11) is 0.936. The van der Waals surface area contributed by atoms with Gasteiger partial charge in [0.05, 0.1) is 19.1 Å². The molecule has 0 spiro atoms. The van der Waals surface area contributed by atoms with Crippen LogP contribution in [0.3, 0.4) is 0 Å². The smallest absolute Gasteiger partial charge is 0.419 e. The third kappa shape index (κ3) is 11.0. The molecule has 208 valence electrons. The Labute approximate surface area is 225 Å². The van der Waals surface area contributed by atoms with Crippen LogP contribution in [0.2, 0.25) is 6.04 Å². The van der Waals surface area contributed by atoms with Crippen molar-refractivity contribution in [3.8, 4) is 0 Å². The average molecular weight is 535 g/mol. The first kappa shape index (κ1) is 31.0. The molecule has 1 aromatic carbocycles. The highest BCUT2D eigenvalue weighted by Crippen LogP contribution is 2.28. The molecule has 0 bridgehead atoms. The summed E-state index contributed by atoms with van der Waals surface area (Å²) in [6.07, 6.45) is 3.65. The van der Waals surface area contributed by atoms with Crippen LogP contribution in [-0.4, -0.2) is 57.6 Å². The molecule has 1 aromatic rings. The summed E-state index contributed by atoms with van der Waals surface area (Å²) < 4.78 is 17.1. The minimum absolute atomic E-state index is 0.00833. The molecule has 8 nitrogen and oxygen atoms in total. The number of nitrogens with two attached hydrogens (primary N) is 1. The highest BCUT2D eigenvalue weighted by atomic mass is 28.1. The van der Waals surface area contributed by atoms with Gasteiger partial charge in [0.2, 0.25) is 5.91 Å². The molecule has 2 amide bonds. The van der Waals surface area contributed by atoms with Crippen molar-refractivity contribution in [2.24, 2.45) is 17.6 Å². The Balaban J connectivity index is 2.30. The van der Waals surface area contributed by atoms with Crippen molar-refractivity contribution >= 4 is 28.2 Å². The first-order valence-electron chi connectivity index (χ1n) is 13.6. The lowest BCUT2D eigenvalue weighted by atomic mass is 9.83. The number of carbonyl (C=O) groups excluding carboxylic acids is 3. The summed E-state index contributed by atoms with van der Waals surface area (Å²) in [5.41, 5.74) is 6.54. The Morgan fingerprint density at radius 2 is 1.76 bits per heavy atom. The van der Waals surface area contributed by atoms with Gasteiger partial charge >= 0.3 is 12.1 Å². The van der Waals surface area contributed by atoms with Crippen molar-refractivity contribution in [2.75, 3.05) is 6.61 Å². The zero-order chi connectivity index (χ0) is 27.4. The molecule has 1 aliphatic carbocycles. The number of imide groups is 1. The lowest BCUT2D eigenvalue weighted by Crippen LogP contribution is -2.51. The van der Waals surface area contributed by atoms with Gasteiger partial charge in [-0.25, -0.2) is 9.69 Å². The topological polar surface area (TPSA) is 108 Å².